The van der Waals surface area contributed by atoms with Crippen molar-refractivity contribution >= 4 is 17.9 Å². The third-order valence-corrected chi connectivity index (χ3v) is 14.5. The molecule has 0 radical (unpaired) electrons. The fourth-order valence-electron chi connectivity index (χ4n) is 12.6. The van der Waals surface area contributed by atoms with E-state index in [0.29, 0.717) is 24.7 Å². The number of hydrogen-bond donors (Lipinski definition) is 1. The largest absolute Gasteiger partial charge is 0.478 e. The first kappa shape index (κ1) is 31.1. The van der Waals surface area contributed by atoms with Crippen LogP contribution in [-0.2, 0) is 28.6 Å². The number of rotatable bonds is 5. The van der Waals surface area contributed by atoms with Crippen molar-refractivity contribution in [3.05, 3.63) is 11.1 Å². The van der Waals surface area contributed by atoms with Crippen LogP contribution in [0.2, 0.25) is 0 Å². The molecular weight excluding hydrogens is 544 g/mol. The van der Waals surface area contributed by atoms with Gasteiger partial charge in [-0.3, -0.25) is 9.59 Å². The molecule has 11 atom stereocenters. The van der Waals surface area contributed by atoms with Gasteiger partial charge < -0.3 is 19.3 Å². The zero-order chi connectivity index (χ0) is 31.5. The third-order valence-electron chi connectivity index (χ3n) is 14.5. The van der Waals surface area contributed by atoms with Gasteiger partial charge in [0.1, 0.15) is 12.2 Å². The summed E-state index contributed by atoms with van der Waals surface area (Å²) < 4.78 is 17.9. The molecule has 4 saturated carbocycles. The minimum atomic E-state index is -1.19. The molecule has 1 aliphatic heterocycles. The van der Waals surface area contributed by atoms with Crippen molar-refractivity contribution in [1.29, 1.82) is 0 Å². The Morgan fingerprint density at radius 1 is 0.860 bits per heavy atom. The first-order chi connectivity index (χ1) is 19.9. The van der Waals surface area contributed by atoms with Crippen molar-refractivity contribution in [2.45, 2.75) is 145 Å². The third kappa shape index (κ3) is 4.18. The fourth-order valence-corrected chi connectivity index (χ4v) is 12.6. The first-order valence-corrected chi connectivity index (χ1v) is 16.9. The lowest BCUT2D eigenvalue weighted by atomic mass is 9.32. The van der Waals surface area contributed by atoms with Gasteiger partial charge in [0.05, 0.1) is 6.10 Å². The zero-order valence-electron chi connectivity index (χ0n) is 27.9. The molecule has 4 unspecified atom stereocenters. The number of esters is 2. The normalized spacial score (nSPS) is 46.7. The SMILES string of the molecule is CC(=O)OC(C(=O)O)[C@@]12CC[C@]3(C)C(CC[C@@H]4[C@@]5(C)CC[C@H](OC(C)=O)C(C)(C)[C@@H]5CC[C@]43C)C1=C(C(C)C)C1OC1C2. The van der Waals surface area contributed by atoms with Gasteiger partial charge in [-0.25, -0.2) is 4.79 Å². The number of epoxide rings is 1. The quantitative estimate of drug-likeness (QED) is 0.204. The molecule has 5 aliphatic carbocycles. The van der Waals surface area contributed by atoms with Gasteiger partial charge in [0.15, 0.2) is 0 Å². The molecule has 6 rings (SSSR count). The van der Waals surface area contributed by atoms with Gasteiger partial charge in [-0.05, 0) is 103 Å². The lowest BCUT2D eigenvalue weighted by molar-refractivity contribution is -0.236. The van der Waals surface area contributed by atoms with Crippen molar-refractivity contribution in [3.63, 3.8) is 0 Å². The van der Waals surface area contributed by atoms with Crippen LogP contribution < -0.4 is 0 Å². The van der Waals surface area contributed by atoms with Crippen LogP contribution in [0.1, 0.15) is 120 Å². The Morgan fingerprint density at radius 3 is 2.16 bits per heavy atom. The number of carboxylic acid groups (broad SMARTS) is 1. The summed E-state index contributed by atoms with van der Waals surface area (Å²) in [5.74, 6) is -0.294. The standard InChI is InChI=1S/C36H54O7/c1-19(2)27-28-22-10-11-25-33(7)14-13-26(41-20(3)37)32(5,6)24(33)12-15-35(25,9)34(22,8)16-17-36(28,18-23-29(27)43-23)30(31(39)40)42-21(4)38/h19,22-26,29-30H,10-18H2,1-9H3,(H,39,40)/t22?,23?,24-,25+,26-,29?,30?,33-,34+,35+,36+/m0/s1. The lowest BCUT2D eigenvalue weighted by Gasteiger charge is -2.72. The Kier molecular flexibility index (Phi) is 7.09. The van der Waals surface area contributed by atoms with E-state index in [2.05, 4.69) is 48.5 Å². The second kappa shape index (κ2) is 9.80. The number of fused-ring (bicyclic) bond motifs is 8. The predicted molar refractivity (Wildman–Crippen MR) is 162 cm³/mol. The number of carbonyl (C=O) groups excluding carboxylic acids is 2. The van der Waals surface area contributed by atoms with Crippen molar-refractivity contribution in [2.75, 3.05) is 0 Å². The van der Waals surface area contributed by atoms with Crippen molar-refractivity contribution in [3.8, 4) is 0 Å². The number of ether oxygens (including phenoxy) is 3. The Hall–Kier alpha value is -1.89. The van der Waals surface area contributed by atoms with Gasteiger partial charge in [0.25, 0.3) is 0 Å². The Morgan fingerprint density at radius 2 is 1.56 bits per heavy atom. The maximum Gasteiger partial charge on any atom is 0.345 e. The van der Waals surface area contributed by atoms with E-state index >= 15 is 0 Å². The van der Waals surface area contributed by atoms with Crippen LogP contribution in [0.3, 0.4) is 0 Å². The van der Waals surface area contributed by atoms with E-state index in [1.54, 1.807) is 0 Å². The zero-order valence-corrected chi connectivity index (χ0v) is 27.9. The molecule has 0 spiro atoms. The van der Waals surface area contributed by atoms with Crippen LogP contribution in [0.5, 0.6) is 0 Å². The predicted octanol–water partition coefficient (Wildman–Crippen LogP) is 7.11. The van der Waals surface area contributed by atoms with E-state index in [1.807, 2.05) is 0 Å². The Balaban J connectivity index is 1.44. The van der Waals surface area contributed by atoms with Crippen LogP contribution in [0, 0.1) is 50.7 Å². The Bertz CT molecular complexity index is 1250. The van der Waals surface area contributed by atoms with Crippen LogP contribution >= 0.6 is 0 Å². The van der Waals surface area contributed by atoms with E-state index < -0.39 is 23.5 Å². The molecule has 0 bridgehead atoms. The summed E-state index contributed by atoms with van der Waals surface area (Å²) in [6, 6.07) is 0. The van der Waals surface area contributed by atoms with Gasteiger partial charge in [0, 0.05) is 24.7 Å². The number of carboxylic acids is 1. The van der Waals surface area contributed by atoms with Gasteiger partial charge in [-0.15, -0.1) is 0 Å². The van der Waals surface area contributed by atoms with Gasteiger partial charge >= 0.3 is 17.9 Å². The van der Waals surface area contributed by atoms with E-state index in [1.165, 1.54) is 25.0 Å². The van der Waals surface area contributed by atoms with E-state index in [4.69, 9.17) is 14.2 Å². The summed E-state index contributed by atoms with van der Waals surface area (Å²) in [6.07, 6.45) is 7.38. The molecule has 240 valence electrons. The maximum absolute atomic E-state index is 12.9. The minimum Gasteiger partial charge on any atom is -0.478 e. The lowest BCUT2D eigenvalue weighted by Crippen LogP contribution is -2.67. The van der Waals surface area contributed by atoms with E-state index in [0.717, 1.165) is 44.9 Å². The molecular formula is C36H54O7. The topological polar surface area (TPSA) is 102 Å². The Labute approximate surface area is 257 Å². The van der Waals surface area contributed by atoms with Gasteiger partial charge in [-0.2, -0.15) is 0 Å². The summed E-state index contributed by atoms with van der Waals surface area (Å²) >= 11 is 0. The molecule has 0 aromatic rings. The number of hydrogen-bond acceptors (Lipinski definition) is 6. The average molecular weight is 599 g/mol. The number of aliphatic carboxylic acids is 1. The monoisotopic (exact) mass is 598 g/mol. The smallest absolute Gasteiger partial charge is 0.345 e. The second-order valence-corrected chi connectivity index (χ2v) is 16.9. The van der Waals surface area contributed by atoms with E-state index in [9.17, 15) is 19.5 Å². The molecule has 1 saturated heterocycles. The minimum absolute atomic E-state index is 0.0128. The van der Waals surface area contributed by atoms with E-state index in [-0.39, 0.29) is 57.8 Å². The summed E-state index contributed by atoms with van der Waals surface area (Å²) in [5, 5.41) is 10.5. The maximum atomic E-state index is 12.9. The molecule has 1 heterocycles. The fraction of sp³-hybridized carbons (Fsp3) is 0.861. The molecule has 0 aromatic carbocycles. The summed E-state index contributed by atoms with van der Waals surface area (Å²) in [4.78, 5) is 37.2. The first-order valence-electron chi connectivity index (χ1n) is 16.9. The molecule has 7 nitrogen and oxygen atoms in total. The van der Waals surface area contributed by atoms with Gasteiger partial charge in [-0.1, -0.05) is 54.0 Å². The highest BCUT2D eigenvalue weighted by atomic mass is 16.6. The van der Waals surface area contributed by atoms with Crippen molar-refractivity contribution in [2.24, 2.45) is 50.7 Å². The van der Waals surface area contributed by atoms with Crippen molar-refractivity contribution in [1.82, 2.24) is 0 Å². The highest BCUT2D eigenvalue weighted by molar-refractivity contribution is 5.79. The molecule has 43 heavy (non-hydrogen) atoms. The molecule has 1 N–H and O–H groups in total. The van der Waals surface area contributed by atoms with Crippen LogP contribution in [0.15, 0.2) is 11.1 Å². The highest BCUT2D eigenvalue weighted by Gasteiger charge is 2.72. The summed E-state index contributed by atoms with van der Waals surface area (Å²) in [6.45, 7) is 19.5. The molecule has 0 aromatic heterocycles. The van der Waals surface area contributed by atoms with Crippen LogP contribution in [-0.4, -0.2) is 47.4 Å². The molecule has 7 heteroatoms. The second-order valence-electron chi connectivity index (χ2n) is 16.9. The summed E-state index contributed by atoms with van der Waals surface area (Å²) in [5.41, 5.74) is 1.95. The number of carbonyl (C=O) groups is 3. The van der Waals surface area contributed by atoms with Crippen LogP contribution in [0.4, 0.5) is 0 Å². The molecule has 0 amide bonds. The van der Waals surface area contributed by atoms with Crippen LogP contribution in [0.25, 0.3) is 0 Å². The highest BCUT2D eigenvalue weighted by Crippen LogP contribution is 2.77. The van der Waals surface area contributed by atoms with Crippen molar-refractivity contribution < 1.29 is 33.7 Å². The summed E-state index contributed by atoms with van der Waals surface area (Å²) in [7, 11) is 0. The average Bonchev–Trinajstić information content (AvgIpc) is 3.66. The molecule has 6 aliphatic rings. The molecule has 5 fully saturated rings. The van der Waals surface area contributed by atoms with Gasteiger partial charge in [0.2, 0.25) is 6.10 Å².